The highest BCUT2D eigenvalue weighted by Gasteiger charge is 2.48. The molecule has 0 aromatic heterocycles. The van der Waals surface area contributed by atoms with E-state index in [-0.39, 0.29) is 30.8 Å². The van der Waals surface area contributed by atoms with Gasteiger partial charge in [0, 0.05) is 12.8 Å². The van der Waals surface area contributed by atoms with Gasteiger partial charge in [-0.1, -0.05) is 20.8 Å². The van der Waals surface area contributed by atoms with Gasteiger partial charge in [-0.05, 0) is 19.3 Å². The minimum Gasteiger partial charge on any atom is -0.389 e. The molecule has 0 saturated carbocycles. The number of carbonyl (C=O) groups excluding carboxylic acids is 3. The molecule has 0 amide bonds. The van der Waals surface area contributed by atoms with E-state index in [0.29, 0.717) is 12.8 Å². The molecule has 0 bridgehead atoms. The van der Waals surface area contributed by atoms with E-state index >= 15 is 0 Å². The van der Waals surface area contributed by atoms with Crippen LogP contribution >= 0.6 is 0 Å². The molecular formula is C13H22O4. The van der Waals surface area contributed by atoms with Gasteiger partial charge in [-0.2, -0.15) is 0 Å². The number of hydrogen-bond acceptors (Lipinski definition) is 4. The molecule has 0 aromatic carbocycles. The monoisotopic (exact) mass is 242 g/mol. The predicted octanol–water partition coefficient (Wildman–Crippen LogP) is 1.68. The lowest BCUT2D eigenvalue weighted by Crippen LogP contribution is -2.47. The number of hydrogen-bond donors (Lipinski definition) is 1. The van der Waals surface area contributed by atoms with Crippen molar-refractivity contribution in [1.29, 1.82) is 0 Å². The third-order valence-corrected chi connectivity index (χ3v) is 3.06. The Morgan fingerprint density at radius 2 is 1.29 bits per heavy atom. The fourth-order valence-electron chi connectivity index (χ4n) is 2.07. The third-order valence-electron chi connectivity index (χ3n) is 3.06. The van der Waals surface area contributed by atoms with E-state index in [9.17, 15) is 14.4 Å². The Balaban J connectivity index is 5.36. The van der Waals surface area contributed by atoms with E-state index in [1.807, 2.05) is 13.8 Å². The van der Waals surface area contributed by atoms with Crippen LogP contribution in [0.2, 0.25) is 0 Å². The van der Waals surface area contributed by atoms with Gasteiger partial charge in [0.25, 0.3) is 0 Å². The molecule has 0 radical (unpaired) electrons. The summed E-state index contributed by atoms with van der Waals surface area (Å²) in [4.78, 5) is 35.9. The second kappa shape index (κ2) is 7.33. The molecule has 0 aliphatic carbocycles. The quantitative estimate of drug-likeness (QED) is 0.624. The van der Waals surface area contributed by atoms with Gasteiger partial charge in [0.2, 0.25) is 0 Å². The number of aliphatic hydroxyl groups excluding tert-OH is 1. The van der Waals surface area contributed by atoms with Gasteiger partial charge in [0.15, 0.2) is 17.3 Å². The normalized spacial score (nSPS) is 11.3. The first-order chi connectivity index (χ1) is 8.00. The van der Waals surface area contributed by atoms with E-state index in [0.717, 1.165) is 0 Å². The number of ketones is 3. The van der Waals surface area contributed by atoms with Crippen molar-refractivity contribution in [3.63, 3.8) is 0 Å². The van der Waals surface area contributed by atoms with Crippen molar-refractivity contribution >= 4 is 17.3 Å². The van der Waals surface area contributed by atoms with Gasteiger partial charge in [0.05, 0.1) is 0 Å². The molecule has 98 valence electrons. The lowest BCUT2D eigenvalue weighted by molar-refractivity contribution is -0.151. The topological polar surface area (TPSA) is 71.4 Å². The molecule has 0 spiro atoms. The number of rotatable bonds is 9. The van der Waals surface area contributed by atoms with Crippen molar-refractivity contribution in [2.75, 3.05) is 6.61 Å². The summed E-state index contributed by atoms with van der Waals surface area (Å²) in [7, 11) is 0. The number of aliphatic hydroxyl groups is 1. The van der Waals surface area contributed by atoms with Gasteiger partial charge in [-0.3, -0.25) is 14.4 Å². The zero-order chi connectivity index (χ0) is 13.5. The van der Waals surface area contributed by atoms with E-state index in [1.54, 1.807) is 6.92 Å². The van der Waals surface area contributed by atoms with E-state index in [4.69, 9.17) is 5.11 Å². The highest BCUT2D eigenvalue weighted by atomic mass is 16.3. The van der Waals surface area contributed by atoms with Crippen LogP contribution in [0.4, 0.5) is 0 Å². The van der Waals surface area contributed by atoms with Crippen LogP contribution in [-0.4, -0.2) is 29.1 Å². The molecule has 0 aliphatic rings. The van der Waals surface area contributed by atoms with Crippen LogP contribution < -0.4 is 0 Å². The third kappa shape index (κ3) is 3.22. The molecule has 4 nitrogen and oxygen atoms in total. The number of Topliss-reactive ketones (excluding diaryl/α,β-unsaturated/α-hetero) is 3. The Labute approximate surface area is 102 Å². The Hall–Kier alpha value is -1.03. The van der Waals surface area contributed by atoms with Crippen molar-refractivity contribution in [3.8, 4) is 0 Å². The highest BCUT2D eigenvalue weighted by molar-refractivity contribution is 6.24. The minimum absolute atomic E-state index is 0.143. The highest BCUT2D eigenvalue weighted by Crippen LogP contribution is 2.30. The summed E-state index contributed by atoms with van der Waals surface area (Å²) in [6, 6.07) is 0. The second-order valence-electron chi connectivity index (χ2n) is 4.19. The minimum atomic E-state index is -1.60. The molecule has 0 aliphatic heterocycles. The van der Waals surface area contributed by atoms with Crippen LogP contribution in [0.1, 0.15) is 52.9 Å². The standard InChI is InChI=1S/C13H22O4/c1-4-7-10(15)13(6-3,12(17)9-14)11(16)8-5-2/h14H,4-9H2,1-3H3. The first-order valence-electron chi connectivity index (χ1n) is 6.21. The van der Waals surface area contributed by atoms with Crippen molar-refractivity contribution in [2.45, 2.75) is 52.9 Å². The van der Waals surface area contributed by atoms with Crippen LogP contribution in [0.15, 0.2) is 0 Å². The van der Waals surface area contributed by atoms with Crippen LogP contribution in [0.5, 0.6) is 0 Å². The first kappa shape index (κ1) is 16.0. The molecular weight excluding hydrogens is 220 g/mol. The molecule has 0 unspecified atom stereocenters. The molecule has 0 rings (SSSR count). The van der Waals surface area contributed by atoms with Crippen LogP contribution in [-0.2, 0) is 14.4 Å². The molecule has 1 N–H and O–H groups in total. The van der Waals surface area contributed by atoms with Gasteiger partial charge >= 0.3 is 0 Å². The smallest absolute Gasteiger partial charge is 0.179 e. The average Bonchev–Trinajstić information content (AvgIpc) is 2.31. The Morgan fingerprint density at radius 3 is 1.53 bits per heavy atom. The maximum absolute atomic E-state index is 12.1. The first-order valence-corrected chi connectivity index (χ1v) is 6.21. The maximum atomic E-state index is 12.1. The average molecular weight is 242 g/mol. The molecule has 0 atom stereocenters. The fraction of sp³-hybridized carbons (Fsp3) is 0.769. The molecule has 0 aromatic rings. The van der Waals surface area contributed by atoms with E-state index in [2.05, 4.69) is 0 Å². The lowest BCUT2D eigenvalue weighted by atomic mass is 9.71. The zero-order valence-corrected chi connectivity index (χ0v) is 10.9. The molecule has 17 heavy (non-hydrogen) atoms. The van der Waals surface area contributed by atoms with Crippen LogP contribution in [0.25, 0.3) is 0 Å². The number of carbonyl (C=O) groups is 3. The largest absolute Gasteiger partial charge is 0.389 e. The molecule has 4 heteroatoms. The molecule has 0 saturated heterocycles. The summed E-state index contributed by atoms with van der Waals surface area (Å²) >= 11 is 0. The van der Waals surface area contributed by atoms with Crippen molar-refractivity contribution in [3.05, 3.63) is 0 Å². The molecule has 0 heterocycles. The van der Waals surface area contributed by atoms with E-state index < -0.39 is 17.8 Å². The van der Waals surface area contributed by atoms with Gasteiger partial charge in [-0.15, -0.1) is 0 Å². The van der Waals surface area contributed by atoms with E-state index in [1.165, 1.54) is 0 Å². The van der Waals surface area contributed by atoms with Crippen molar-refractivity contribution in [2.24, 2.45) is 5.41 Å². The summed E-state index contributed by atoms with van der Waals surface area (Å²) in [5, 5.41) is 8.98. The van der Waals surface area contributed by atoms with Crippen molar-refractivity contribution in [1.82, 2.24) is 0 Å². The van der Waals surface area contributed by atoms with Gasteiger partial charge < -0.3 is 5.11 Å². The van der Waals surface area contributed by atoms with Crippen LogP contribution in [0.3, 0.4) is 0 Å². The molecule has 0 fully saturated rings. The summed E-state index contributed by atoms with van der Waals surface area (Å²) in [5.41, 5.74) is -1.60. The van der Waals surface area contributed by atoms with Gasteiger partial charge in [0.1, 0.15) is 12.0 Å². The SMILES string of the molecule is CCCC(=O)C(CC)(C(=O)CO)C(=O)CCC. The Kier molecular flexibility index (Phi) is 6.88. The zero-order valence-electron chi connectivity index (χ0n) is 10.9. The lowest BCUT2D eigenvalue weighted by Gasteiger charge is -2.27. The summed E-state index contributed by atoms with van der Waals surface area (Å²) in [5.74, 6) is -1.35. The predicted molar refractivity (Wildman–Crippen MR) is 64.6 cm³/mol. The van der Waals surface area contributed by atoms with Crippen LogP contribution in [0, 0.1) is 5.41 Å². The Morgan fingerprint density at radius 1 is 0.882 bits per heavy atom. The summed E-state index contributed by atoms with van der Waals surface area (Å²) < 4.78 is 0. The van der Waals surface area contributed by atoms with Gasteiger partial charge in [-0.25, -0.2) is 0 Å². The fourth-order valence-corrected chi connectivity index (χ4v) is 2.07. The second-order valence-corrected chi connectivity index (χ2v) is 4.19. The summed E-state index contributed by atoms with van der Waals surface area (Å²) in [6.07, 6.45) is 1.74. The van der Waals surface area contributed by atoms with Crippen molar-refractivity contribution < 1.29 is 19.5 Å². The summed E-state index contributed by atoms with van der Waals surface area (Å²) in [6.45, 7) is 4.55. The Bertz CT molecular complexity index is 276. The maximum Gasteiger partial charge on any atom is 0.179 e.